The molecule has 0 radical (unpaired) electrons. The van der Waals surface area contributed by atoms with E-state index in [1.807, 2.05) is 33.0 Å². The third-order valence-corrected chi connectivity index (χ3v) is 8.31. The van der Waals surface area contributed by atoms with Crippen molar-refractivity contribution < 1.29 is 24.2 Å². The Kier molecular flexibility index (Phi) is 7.76. The molecule has 0 saturated heterocycles. The number of pyridine rings is 1. The Morgan fingerprint density at radius 3 is 2.62 bits per heavy atom. The van der Waals surface area contributed by atoms with Crippen LogP contribution in [0.5, 0.6) is 5.75 Å². The van der Waals surface area contributed by atoms with Crippen molar-refractivity contribution >= 4 is 23.4 Å². The van der Waals surface area contributed by atoms with Crippen LogP contribution in [0, 0.1) is 19.8 Å². The maximum atomic E-state index is 12.6. The number of rotatable bonds is 7. The molecular weight excluding hydrogens is 452 g/mol. The molecule has 0 aromatic carbocycles. The van der Waals surface area contributed by atoms with E-state index in [4.69, 9.17) is 14.5 Å². The SMILES string of the molecule is Cc1csc(-c2ccc(O[C@H]3CCC[C@H](C(=O)O)C3)c(C)n2)c1COC(=O)N(C)C1CCCC1. The van der Waals surface area contributed by atoms with Crippen molar-refractivity contribution in [1.82, 2.24) is 9.88 Å². The number of aliphatic carboxylic acids is 1. The molecule has 4 rings (SSSR count). The molecule has 0 aliphatic heterocycles. The van der Waals surface area contributed by atoms with Crippen molar-refractivity contribution in [1.29, 1.82) is 0 Å². The van der Waals surface area contributed by atoms with E-state index in [1.165, 1.54) is 12.8 Å². The van der Waals surface area contributed by atoms with Crippen LogP contribution in [0.15, 0.2) is 17.5 Å². The topological polar surface area (TPSA) is 89.0 Å². The molecule has 2 heterocycles. The normalized spacial score (nSPS) is 20.8. The van der Waals surface area contributed by atoms with Gasteiger partial charge < -0.3 is 19.5 Å². The fraction of sp³-hybridized carbons (Fsp3) is 0.577. The van der Waals surface area contributed by atoms with Crippen molar-refractivity contribution in [2.24, 2.45) is 5.92 Å². The second-order valence-electron chi connectivity index (χ2n) is 9.55. The maximum absolute atomic E-state index is 12.6. The first-order valence-corrected chi connectivity index (χ1v) is 13.1. The van der Waals surface area contributed by atoms with Gasteiger partial charge >= 0.3 is 12.1 Å². The number of aryl methyl sites for hydroxylation is 2. The predicted molar refractivity (Wildman–Crippen MR) is 131 cm³/mol. The number of carbonyl (C=O) groups is 2. The Morgan fingerprint density at radius 2 is 1.91 bits per heavy atom. The van der Waals surface area contributed by atoms with E-state index in [0.717, 1.165) is 53.1 Å². The predicted octanol–water partition coefficient (Wildman–Crippen LogP) is 5.96. The maximum Gasteiger partial charge on any atom is 0.410 e. The van der Waals surface area contributed by atoms with Gasteiger partial charge in [0.15, 0.2) is 0 Å². The van der Waals surface area contributed by atoms with Gasteiger partial charge in [-0.2, -0.15) is 0 Å². The summed E-state index contributed by atoms with van der Waals surface area (Å²) < 4.78 is 11.8. The zero-order chi connectivity index (χ0) is 24.2. The largest absolute Gasteiger partial charge is 0.489 e. The molecule has 8 heteroatoms. The lowest BCUT2D eigenvalue weighted by molar-refractivity contribution is -0.143. The summed E-state index contributed by atoms with van der Waals surface area (Å²) in [5, 5.41) is 11.4. The Labute approximate surface area is 205 Å². The molecule has 1 N–H and O–H groups in total. The number of carboxylic acids is 1. The van der Waals surface area contributed by atoms with Crippen LogP contribution in [-0.4, -0.2) is 46.2 Å². The number of thiophene rings is 1. The molecule has 184 valence electrons. The van der Waals surface area contributed by atoms with Crippen LogP contribution in [0.4, 0.5) is 4.79 Å². The number of carbonyl (C=O) groups excluding carboxylic acids is 1. The average Bonchev–Trinajstić information content (AvgIpc) is 3.48. The standard InChI is InChI=1S/C26H34N2O5S/c1-16-15-34-24(21(16)14-32-26(31)28(3)19-8-4-5-9-19)22-11-12-23(17(2)27-22)33-20-10-6-7-18(13-20)25(29)30/h11-12,15,18-20H,4-10,13-14H2,1-3H3,(H,29,30)/t18-,20-/m0/s1. The van der Waals surface area contributed by atoms with Gasteiger partial charge in [-0.05, 0) is 75.4 Å². The van der Waals surface area contributed by atoms with Crippen LogP contribution >= 0.6 is 11.3 Å². The van der Waals surface area contributed by atoms with Crippen molar-refractivity contribution in [3.63, 3.8) is 0 Å². The van der Waals surface area contributed by atoms with Crippen molar-refractivity contribution in [2.45, 2.75) is 84.0 Å². The highest BCUT2D eigenvalue weighted by molar-refractivity contribution is 7.13. The minimum absolute atomic E-state index is 0.1000. The highest BCUT2D eigenvalue weighted by Gasteiger charge is 2.29. The van der Waals surface area contributed by atoms with Gasteiger partial charge in [0.05, 0.1) is 28.3 Å². The molecule has 2 aliphatic rings. The van der Waals surface area contributed by atoms with Gasteiger partial charge in [0.2, 0.25) is 0 Å². The summed E-state index contributed by atoms with van der Waals surface area (Å²) in [4.78, 5) is 31.4. The van der Waals surface area contributed by atoms with Gasteiger partial charge in [0.25, 0.3) is 0 Å². The molecule has 2 saturated carbocycles. The van der Waals surface area contributed by atoms with E-state index in [1.54, 1.807) is 16.2 Å². The molecule has 1 amide bonds. The summed E-state index contributed by atoms with van der Waals surface area (Å²) in [5.41, 5.74) is 3.66. The van der Waals surface area contributed by atoms with E-state index >= 15 is 0 Å². The molecule has 2 fully saturated rings. The lowest BCUT2D eigenvalue weighted by Gasteiger charge is -2.27. The van der Waals surface area contributed by atoms with Gasteiger partial charge in [0.1, 0.15) is 12.4 Å². The average molecular weight is 487 g/mol. The lowest BCUT2D eigenvalue weighted by Crippen LogP contribution is -2.35. The minimum atomic E-state index is -0.741. The fourth-order valence-corrected chi connectivity index (χ4v) is 6.03. The van der Waals surface area contributed by atoms with E-state index in [9.17, 15) is 14.7 Å². The number of nitrogens with zero attached hydrogens (tertiary/aromatic N) is 2. The van der Waals surface area contributed by atoms with Crippen LogP contribution < -0.4 is 4.74 Å². The van der Waals surface area contributed by atoms with Gasteiger partial charge in [0, 0.05) is 18.7 Å². The second kappa shape index (κ2) is 10.8. The van der Waals surface area contributed by atoms with Crippen LogP contribution in [0.2, 0.25) is 0 Å². The number of amides is 1. The summed E-state index contributed by atoms with van der Waals surface area (Å²) >= 11 is 1.59. The van der Waals surface area contributed by atoms with Crippen LogP contribution in [-0.2, 0) is 16.1 Å². The van der Waals surface area contributed by atoms with Crippen LogP contribution in [0.25, 0.3) is 10.6 Å². The van der Waals surface area contributed by atoms with Crippen molar-refractivity contribution in [2.75, 3.05) is 7.05 Å². The van der Waals surface area contributed by atoms with E-state index in [0.29, 0.717) is 18.6 Å². The highest BCUT2D eigenvalue weighted by Crippen LogP contribution is 2.35. The third kappa shape index (κ3) is 5.54. The zero-order valence-electron chi connectivity index (χ0n) is 20.2. The molecule has 2 aromatic heterocycles. The van der Waals surface area contributed by atoms with Gasteiger partial charge in [-0.25, -0.2) is 9.78 Å². The first-order valence-electron chi connectivity index (χ1n) is 12.2. The molecule has 2 atom stereocenters. The Balaban J connectivity index is 1.43. The van der Waals surface area contributed by atoms with Gasteiger partial charge in [-0.1, -0.05) is 12.8 Å². The molecule has 0 unspecified atom stereocenters. The van der Waals surface area contributed by atoms with Gasteiger partial charge in [-0.3, -0.25) is 4.79 Å². The van der Waals surface area contributed by atoms with E-state index < -0.39 is 5.97 Å². The number of ether oxygens (including phenoxy) is 2. The third-order valence-electron chi connectivity index (χ3n) is 7.14. The molecule has 2 aromatic rings. The van der Waals surface area contributed by atoms with Crippen LogP contribution in [0.1, 0.15) is 68.2 Å². The molecule has 34 heavy (non-hydrogen) atoms. The minimum Gasteiger partial charge on any atom is -0.489 e. The fourth-order valence-electron chi connectivity index (χ4n) is 4.99. The first-order chi connectivity index (χ1) is 16.3. The zero-order valence-corrected chi connectivity index (χ0v) is 21.0. The Morgan fingerprint density at radius 1 is 1.15 bits per heavy atom. The van der Waals surface area contributed by atoms with E-state index in [-0.39, 0.29) is 30.8 Å². The van der Waals surface area contributed by atoms with Crippen molar-refractivity contribution in [3.8, 4) is 16.3 Å². The summed E-state index contributed by atoms with van der Waals surface area (Å²) in [7, 11) is 1.83. The smallest absolute Gasteiger partial charge is 0.410 e. The van der Waals surface area contributed by atoms with Crippen molar-refractivity contribution in [3.05, 3.63) is 34.3 Å². The van der Waals surface area contributed by atoms with Crippen LogP contribution in [0.3, 0.4) is 0 Å². The Hall–Kier alpha value is -2.61. The molecule has 2 aliphatic carbocycles. The molecule has 0 bridgehead atoms. The quantitative estimate of drug-likeness (QED) is 0.519. The monoisotopic (exact) mass is 486 g/mol. The molecular formula is C26H34N2O5S. The molecule has 0 spiro atoms. The second-order valence-corrected chi connectivity index (χ2v) is 10.4. The number of hydrogen-bond donors (Lipinski definition) is 1. The highest BCUT2D eigenvalue weighted by atomic mass is 32.1. The summed E-state index contributed by atoms with van der Waals surface area (Å²) in [6.45, 7) is 4.15. The summed E-state index contributed by atoms with van der Waals surface area (Å²) in [6.07, 6.45) is 7.02. The molecule has 7 nitrogen and oxygen atoms in total. The lowest BCUT2D eigenvalue weighted by atomic mass is 9.87. The first kappa shape index (κ1) is 24.5. The summed E-state index contributed by atoms with van der Waals surface area (Å²) in [6, 6.07) is 4.13. The van der Waals surface area contributed by atoms with Gasteiger partial charge in [-0.15, -0.1) is 11.3 Å². The Bertz CT molecular complexity index is 1030. The number of aromatic nitrogens is 1. The number of carboxylic acid groups (broad SMARTS) is 1. The summed E-state index contributed by atoms with van der Waals surface area (Å²) in [5.74, 6) is -0.383. The van der Waals surface area contributed by atoms with E-state index in [2.05, 4.69) is 5.38 Å². The number of hydrogen-bond acceptors (Lipinski definition) is 6.